The van der Waals surface area contributed by atoms with Gasteiger partial charge in [0.15, 0.2) is 0 Å². The molecule has 0 aromatic heterocycles. The molecule has 1 aromatic rings. The number of rotatable bonds is 4. The van der Waals surface area contributed by atoms with Crippen LogP contribution in [0.4, 0.5) is 0 Å². The number of benzene rings is 1. The number of ether oxygens (including phenoxy) is 1. The summed E-state index contributed by atoms with van der Waals surface area (Å²) in [6, 6.07) is 7.90. The number of nitrogens with zero attached hydrogens (tertiary/aromatic N) is 1. The van der Waals surface area contributed by atoms with Crippen LogP contribution in [0.3, 0.4) is 0 Å². The first-order valence-corrected chi connectivity index (χ1v) is 8.26. The van der Waals surface area contributed by atoms with Crippen molar-refractivity contribution in [1.82, 2.24) is 10.2 Å². The van der Waals surface area contributed by atoms with Gasteiger partial charge < -0.3 is 15.0 Å². The SMILES string of the molecule is COc1cccc(C2(NC(=O)C3CCCN(C(C)=O)C3)CC2)c1. The number of hydrogen-bond acceptors (Lipinski definition) is 3. The van der Waals surface area contributed by atoms with Crippen molar-refractivity contribution in [3.05, 3.63) is 29.8 Å². The molecule has 1 aromatic carbocycles. The van der Waals surface area contributed by atoms with Crippen molar-refractivity contribution >= 4 is 11.8 Å². The molecule has 0 bridgehead atoms. The number of carbonyl (C=O) groups excluding carboxylic acids is 2. The molecule has 3 rings (SSSR count). The third-order valence-corrected chi connectivity index (χ3v) is 4.97. The topological polar surface area (TPSA) is 58.6 Å². The van der Waals surface area contributed by atoms with Crippen LogP contribution in [0.5, 0.6) is 5.75 Å². The molecule has 1 saturated carbocycles. The molecule has 124 valence electrons. The van der Waals surface area contributed by atoms with Gasteiger partial charge in [-0.2, -0.15) is 0 Å². The van der Waals surface area contributed by atoms with Crippen LogP contribution in [0.1, 0.15) is 38.2 Å². The first-order chi connectivity index (χ1) is 11.0. The van der Waals surface area contributed by atoms with Gasteiger partial charge in [0, 0.05) is 20.0 Å². The Kier molecular flexibility index (Phi) is 4.28. The van der Waals surface area contributed by atoms with E-state index in [0.717, 1.165) is 43.5 Å². The van der Waals surface area contributed by atoms with Crippen LogP contribution in [-0.2, 0) is 15.1 Å². The summed E-state index contributed by atoms with van der Waals surface area (Å²) in [4.78, 5) is 26.0. The molecule has 1 saturated heterocycles. The Morgan fingerprint density at radius 1 is 1.35 bits per heavy atom. The molecule has 1 unspecified atom stereocenters. The van der Waals surface area contributed by atoms with Crippen molar-refractivity contribution in [1.29, 1.82) is 0 Å². The standard InChI is InChI=1S/C18H24N2O3/c1-13(21)20-10-4-5-14(12-20)17(22)19-18(8-9-18)15-6-3-7-16(11-15)23-2/h3,6-7,11,14H,4-5,8-10,12H2,1-2H3,(H,19,22). The average molecular weight is 316 g/mol. The van der Waals surface area contributed by atoms with Gasteiger partial charge in [0.1, 0.15) is 5.75 Å². The zero-order valence-electron chi connectivity index (χ0n) is 13.8. The van der Waals surface area contributed by atoms with Crippen LogP contribution in [0.2, 0.25) is 0 Å². The summed E-state index contributed by atoms with van der Waals surface area (Å²) < 4.78 is 5.28. The lowest BCUT2D eigenvalue weighted by molar-refractivity contribution is -0.134. The fourth-order valence-electron chi connectivity index (χ4n) is 3.35. The predicted octanol–water partition coefficient (Wildman–Crippen LogP) is 2.06. The van der Waals surface area contributed by atoms with E-state index in [1.54, 1.807) is 18.9 Å². The zero-order chi connectivity index (χ0) is 16.4. The monoisotopic (exact) mass is 316 g/mol. The number of piperidine rings is 1. The Labute approximate surface area is 137 Å². The van der Waals surface area contributed by atoms with Gasteiger partial charge in [-0.25, -0.2) is 0 Å². The van der Waals surface area contributed by atoms with Crippen molar-refractivity contribution < 1.29 is 14.3 Å². The molecule has 0 spiro atoms. The maximum atomic E-state index is 12.7. The lowest BCUT2D eigenvalue weighted by Crippen LogP contribution is -2.47. The Morgan fingerprint density at radius 2 is 2.13 bits per heavy atom. The summed E-state index contributed by atoms with van der Waals surface area (Å²) in [6.07, 6.45) is 3.65. The molecule has 0 radical (unpaired) electrons. The number of amides is 2. The minimum atomic E-state index is -0.246. The minimum absolute atomic E-state index is 0.0523. The van der Waals surface area contributed by atoms with E-state index in [0.29, 0.717) is 6.54 Å². The Balaban J connectivity index is 1.68. The van der Waals surface area contributed by atoms with Crippen LogP contribution in [0, 0.1) is 5.92 Å². The van der Waals surface area contributed by atoms with Crippen LogP contribution in [0.25, 0.3) is 0 Å². The summed E-state index contributed by atoms with van der Waals surface area (Å²) in [5.41, 5.74) is 0.855. The number of carbonyl (C=O) groups is 2. The second kappa shape index (κ2) is 6.22. The molecular weight excluding hydrogens is 292 g/mol. The summed E-state index contributed by atoms with van der Waals surface area (Å²) in [5.74, 6) is 0.826. The Morgan fingerprint density at radius 3 is 2.78 bits per heavy atom. The van der Waals surface area contributed by atoms with E-state index in [2.05, 4.69) is 5.32 Å². The Bertz CT molecular complexity index is 610. The summed E-state index contributed by atoms with van der Waals surface area (Å²) in [6.45, 7) is 2.87. The molecule has 1 aliphatic carbocycles. The molecule has 1 aliphatic heterocycles. The average Bonchev–Trinajstić information content (AvgIpc) is 3.35. The van der Waals surface area contributed by atoms with Crippen LogP contribution in [-0.4, -0.2) is 36.9 Å². The molecular formula is C18H24N2O3. The van der Waals surface area contributed by atoms with Crippen molar-refractivity contribution in [2.24, 2.45) is 5.92 Å². The zero-order valence-corrected chi connectivity index (χ0v) is 13.8. The third kappa shape index (κ3) is 3.33. The van der Waals surface area contributed by atoms with Gasteiger partial charge in [-0.3, -0.25) is 9.59 Å². The van der Waals surface area contributed by atoms with Crippen LogP contribution < -0.4 is 10.1 Å². The third-order valence-electron chi connectivity index (χ3n) is 4.97. The fraction of sp³-hybridized carbons (Fsp3) is 0.556. The van der Waals surface area contributed by atoms with E-state index in [-0.39, 0.29) is 23.3 Å². The summed E-state index contributed by atoms with van der Waals surface area (Å²) in [7, 11) is 1.65. The highest BCUT2D eigenvalue weighted by Gasteiger charge is 2.46. The second-order valence-electron chi connectivity index (χ2n) is 6.61. The quantitative estimate of drug-likeness (QED) is 0.925. The molecule has 2 aliphatic rings. The van der Waals surface area contributed by atoms with E-state index in [9.17, 15) is 9.59 Å². The van der Waals surface area contributed by atoms with E-state index in [1.165, 1.54) is 0 Å². The normalized spacial score (nSPS) is 22.3. The number of nitrogens with one attached hydrogen (secondary N) is 1. The molecule has 23 heavy (non-hydrogen) atoms. The van der Waals surface area contributed by atoms with Crippen LogP contribution >= 0.6 is 0 Å². The van der Waals surface area contributed by atoms with Gasteiger partial charge in [0.25, 0.3) is 0 Å². The lowest BCUT2D eigenvalue weighted by atomic mass is 9.95. The summed E-state index contributed by atoms with van der Waals surface area (Å²) >= 11 is 0. The molecule has 2 amide bonds. The van der Waals surface area contributed by atoms with Crippen molar-refractivity contribution in [3.63, 3.8) is 0 Å². The molecule has 5 heteroatoms. The van der Waals surface area contributed by atoms with Crippen molar-refractivity contribution in [3.8, 4) is 5.75 Å². The maximum Gasteiger partial charge on any atom is 0.225 e. The van der Waals surface area contributed by atoms with Gasteiger partial charge in [0.05, 0.1) is 18.6 Å². The van der Waals surface area contributed by atoms with E-state index < -0.39 is 0 Å². The smallest absolute Gasteiger partial charge is 0.225 e. The summed E-state index contributed by atoms with van der Waals surface area (Å²) in [5, 5.41) is 3.23. The highest BCUT2D eigenvalue weighted by molar-refractivity contribution is 5.82. The second-order valence-corrected chi connectivity index (χ2v) is 6.61. The largest absolute Gasteiger partial charge is 0.497 e. The number of methoxy groups -OCH3 is 1. The fourth-order valence-corrected chi connectivity index (χ4v) is 3.35. The predicted molar refractivity (Wildman–Crippen MR) is 87.0 cm³/mol. The van der Waals surface area contributed by atoms with Gasteiger partial charge >= 0.3 is 0 Å². The highest BCUT2D eigenvalue weighted by Crippen LogP contribution is 2.46. The van der Waals surface area contributed by atoms with Crippen molar-refractivity contribution in [2.45, 2.75) is 38.1 Å². The van der Waals surface area contributed by atoms with E-state index >= 15 is 0 Å². The van der Waals surface area contributed by atoms with E-state index in [1.807, 2.05) is 24.3 Å². The van der Waals surface area contributed by atoms with Gasteiger partial charge in [-0.1, -0.05) is 12.1 Å². The number of likely N-dealkylation sites (tertiary alicyclic amines) is 1. The number of hydrogen-bond donors (Lipinski definition) is 1. The lowest BCUT2D eigenvalue weighted by Gasteiger charge is -2.32. The van der Waals surface area contributed by atoms with Gasteiger partial charge in [-0.05, 0) is 43.4 Å². The Hall–Kier alpha value is -2.04. The molecule has 5 nitrogen and oxygen atoms in total. The first kappa shape index (κ1) is 15.8. The molecule has 1 heterocycles. The highest BCUT2D eigenvalue weighted by atomic mass is 16.5. The molecule has 1 atom stereocenters. The van der Waals surface area contributed by atoms with Crippen LogP contribution in [0.15, 0.2) is 24.3 Å². The maximum absolute atomic E-state index is 12.7. The van der Waals surface area contributed by atoms with Gasteiger partial charge in [0.2, 0.25) is 11.8 Å². The van der Waals surface area contributed by atoms with E-state index in [4.69, 9.17) is 4.74 Å². The molecule has 2 fully saturated rings. The minimum Gasteiger partial charge on any atom is -0.497 e. The first-order valence-electron chi connectivity index (χ1n) is 8.26. The van der Waals surface area contributed by atoms with Gasteiger partial charge in [-0.15, -0.1) is 0 Å². The molecule has 1 N–H and O–H groups in total. The van der Waals surface area contributed by atoms with Crippen molar-refractivity contribution in [2.75, 3.05) is 20.2 Å².